The molecule has 1 saturated carbocycles. The van der Waals surface area contributed by atoms with E-state index in [0.29, 0.717) is 17.3 Å². The number of pyridine rings is 1. The van der Waals surface area contributed by atoms with Crippen molar-refractivity contribution >= 4 is 32.3 Å². The number of nitrogens with zero attached hydrogens (tertiary/aromatic N) is 3. The van der Waals surface area contributed by atoms with Gasteiger partial charge >= 0.3 is 0 Å². The molecular weight excluding hydrogens is 347 g/mol. The van der Waals surface area contributed by atoms with E-state index in [1.165, 1.54) is 30.2 Å². The lowest BCUT2D eigenvalue weighted by molar-refractivity contribution is 0.462. The number of hydrogen-bond acceptors (Lipinski definition) is 4. The van der Waals surface area contributed by atoms with E-state index in [2.05, 4.69) is 26.8 Å². The van der Waals surface area contributed by atoms with E-state index >= 15 is 0 Å². The van der Waals surface area contributed by atoms with Crippen LogP contribution in [0.5, 0.6) is 0 Å². The van der Waals surface area contributed by atoms with Gasteiger partial charge in [-0.2, -0.15) is 0 Å². The lowest BCUT2D eigenvalue weighted by Gasteiger charge is -2.24. The number of fused-ring (bicyclic) bond motifs is 3. The first-order valence-electron chi connectivity index (χ1n) is 9.07. The molecule has 4 aromatic rings. The molecule has 3 heterocycles. The Hall–Kier alpha value is -2.47. The molecule has 1 N–H and O–H groups in total. The molecule has 1 aromatic carbocycles. The van der Waals surface area contributed by atoms with Crippen molar-refractivity contribution in [2.75, 3.05) is 5.32 Å². The SMILES string of the molecule is Fc1cnccc1-c1nc2sc3ccccc3n2c1NC1CCCCC1. The molecule has 0 amide bonds. The standard InChI is InChI=1S/C20H19FN4S/c21-15-12-22-11-10-14(15)18-19(23-13-6-2-1-3-7-13)25-16-8-4-5-9-17(16)26-20(25)24-18/h4-5,8-13,23H,1-3,6-7H2. The van der Waals surface area contributed by atoms with Crippen molar-refractivity contribution < 1.29 is 4.39 Å². The van der Waals surface area contributed by atoms with Gasteiger partial charge in [-0.3, -0.25) is 9.38 Å². The molecule has 1 aliphatic carbocycles. The molecule has 0 bridgehead atoms. The predicted molar refractivity (Wildman–Crippen MR) is 104 cm³/mol. The zero-order valence-corrected chi connectivity index (χ0v) is 15.1. The van der Waals surface area contributed by atoms with E-state index in [9.17, 15) is 4.39 Å². The van der Waals surface area contributed by atoms with Gasteiger partial charge in [0.1, 0.15) is 11.5 Å². The Balaban J connectivity index is 1.73. The topological polar surface area (TPSA) is 42.2 Å². The molecule has 0 unspecified atom stereocenters. The van der Waals surface area contributed by atoms with Gasteiger partial charge in [0.05, 0.1) is 16.4 Å². The van der Waals surface area contributed by atoms with Crippen molar-refractivity contribution in [1.29, 1.82) is 0 Å². The van der Waals surface area contributed by atoms with Crippen LogP contribution in [0.15, 0.2) is 42.7 Å². The zero-order valence-electron chi connectivity index (χ0n) is 14.3. The van der Waals surface area contributed by atoms with E-state index in [-0.39, 0.29) is 5.82 Å². The highest BCUT2D eigenvalue weighted by Crippen LogP contribution is 2.37. The van der Waals surface area contributed by atoms with E-state index in [4.69, 9.17) is 4.98 Å². The number of thiazole rings is 1. The summed E-state index contributed by atoms with van der Waals surface area (Å²) in [6, 6.07) is 10.4. The minimum Gasteiger partial charge on any atom is -0.367 e. The Kier molecular flexibility index (Phi) is 3.85. The molecule has 0 spiro atoms. The van der Waals surface area contributed by atoms with Crippen LogP contribution in [-0.4, -0.2) is 20.4 Å². The van der Waals surface area contributed by atoms with E-state index in [1.54, 1.807) is 23.6 Å². The van der Waals surface area contributed by atoms with Gasteiger partial charge in [0, 0.05) is 17.8 Å². The van der Waals surface area contributed by atoms with Crippen LogP contribution in [0.3, 0.4) is 0 Å². The molecule has 0 atom stereocenters. The number of halogens is 1. The molecule has 5 rings (SSSR count). The van der Waals surface area contributed by atoms with Crippen LogP contribution in [0.2, 0.25) is 0 Å². The highest BCUT2D eigenvalue weighted by Gasteiger charge is 2.23. The van der Waals surface area contributed by atoms with Crippen LogP contribution >= 0.6 is 11.3 Å². The average Bonchev–Trinajstić information content (AvgIpc) is 3.20. The van der Waals surface area contributed by atoms with E-state index in [0.717, 1.165) is 29.1 Å². The molecule has 1 aliphatic rings. The molecule has 1 fully saturated rings. The summed E-state index contributed by atoms with van der Waals surface area (Å²) in [5, 5.41) is 3.70. The van der Waals surface area contributed by atoms with Gasteiger partial charge in [-0.25, -0.2) is 9.37 Å². The summed E-state index contributed by atoms with van der Waals surface area (Å²) < 4.78 is 17.8. The summed E-state index contributed by atoms with van der Waals surface area (Å²) in [7, 11) is 0. The van der Waals surface area contributed by atoms with Gasteiger partial charge in [-0.05, 0) is 31.0 Å². The Morgan fingerprint density at radius 3 is 2.81 bits per heavy atom. The maximum Gasteiger partial charge on any atom is 0.197 e. The van der Waals surface area contributed by atoms with Crippen molar-refractivity contribution in [3.05, 3.63) is 48.5 Å². The third kappa shape index (κ3) is 2.56. The number of para-hydroxylation sites is 1. The lowest BCUT2D eigenvalue weighted by atomic mass is 9.95. The molecule has 6 heteroatoms. The van der Waals surface area contributed by atoms with E-state index in [1.807, 2.05) is 12.1 Å². The number of aromatic nitrogens is 3. The lowest BCUT2D eigenvalue weighted by Crippen LogP contribution is -2.23. The summed E-state index contributed by atoms with van der Waals surface area (Å²) >= 11 is 1.63. The third-order valence-corrected chi connectivity index (χ3v) is 6.15. The minimum absolute atomic E-state index is 0.339. The highest BCUT2D eigenvalue weighted by molar-refractivity contribution is 7.23. The molecule has 132 valence electrons. The monoisotopic (exact) mass is 366 g/mol. The van der Waals surface area contributed by atoms with Gasteiger partial charge < -0.3 is 5.32 Å². The van der Waals surface area contributed by atoms with Crippen LogP contribution in [0.1, 0.15) is 32.1 Å². The third-order valence-electron chi connectivity index (χ3n) is 5.13. The number of hydrogen-bond donors (Lipinski definition) is 1. The summed E-state index contributed by atoms with van der Waals surface area (Å²) in [6.07, 6.45) is 8.94. The summed E-state index contributed by atoms with van der Waals surface area (Å²) in [6.45, 7) is 0. The molecule has 0 radical (unpaired) electrons. The fraction of sp³-hybridized carbons (Fsp3) is 0.300. The number of benzene rings is 1. The second-order valence-electron chi connectivity index (χ2n) is 6.83. The second-order valence-corrected chi connectivity index (χ2v) is 7.84. The normalized spacial score (nSPS) is 15.7. The molecule has 26 heavy (non-hydrogen) atoms. The van der Waals surface area contributed by atoms with Gasteiger partial charge in [0.2, 0.25) is 0 Å². The second kappa shape index (κ2) is 6.36. The van der Waals surface area contributed by atoms with Crippen molar-refractivity contribution in [2.45, 2.75) is 38.1 Å². The Bertz CT molecular complexity index is 1080. The number of nitrogens with one attached hydrogen (secondary N) is 1. The first kappa shape index (κ1) is 15.8. The van der Waals surface area contributed by atoms with Gasteiger partial charge in [0.25, 0.3) is 0 Å². The smallest absolute Gasteiger partial charge is 0.197 e. The molecule has 4 nitrogen and oxygen atoms in total. The summed E-state index contributed by atoms with van der Waals surface area (Å²) in [5.41, 5.74) is 2.28. The quantitative estimate of drug-likeness (QED) is 0.521. The van der Waals surface area contributed by atoms with Gasteiger partial charge in [-0.15, -0.1) is 0 Å². The molecular formula is C20H19FN4S. The first-order valence-corrected chi connectivity index (χ1v) is 9.89. The van der Waals surface area contributed by atoms with Crippen molar-refractivity contribution in [3.63, 3.8) is 0 Å². The van der Waals surface area contributed by atoms with Crippen LogP contribution in [0, 0.1) is 5.82 Å². The van der Waals surface area contributed by atoms with Crippen molar-refractivity contribution in [3.8, 4) is 11.3 Å². The zero-order chi connectivity index (χ0) is 17.5. The summed E-state index contributed by atoms with van der Waals surface area (Å²) in [5.74, 6) is 0.559. The summed E-state index contributed by atoms with van der Waals surface area (Å²) in [4.78, 5) is 9.56. The Morgan fingerprint density at radius 1 is 1.12 bits per heavy atom. The Labute approximate surface area is 154 Å². The maximum absolute atomic E-state index is 14.4. The minimum atomic E-state index is -0.339. The maximum atomic E-state index is 14.4. The van der Waals surface area contributed by atoms with Crippen molar-refractivity contribution in [1.82, 2.24) is 14.4 Å². The van der Waals surface area contributed by atoms with Crippen molar-refractivity contribution in [2.24, 2.45) is 0 Å². The Morgan fingerprint density at radius 2 is 1.96 bits per heavy atom. The molecule has 3 aromatic heterocycles. The van der Waals surface area contributed by atoms with Crippen LogP contribution in [0.25, 0.3) is 26.4 Å². The molecule has 0 saturated heterocycles. The predicted octanol–water partition coefficient (Wildman–Crippen LogP) is 5.49. The van der Waals surface area contributed by atoms with Crippen LogP contribution < -0.4 is 5.32 Å². The van der Waals surface area contributed by atoms with Gasteiger partial charge in [0.15, 0.2) is 10.8 Å². The fourth-order valence-corrected chi connectivity index (χ4v) is 4.87. The van der Waals surface area contributed by atoms with E-state index < -0.39 is 0 Å². The average molecular weight is 366 g/mol. The number of rotatable bonds is 3. The van der Waals surface area contributed by atoms with Crippen LogP contribution in [-0.2, 0) is 0 Å². The number of imidazole rings is 1. The van der Waals surface area contributed by atoms with Gasteiger partial charge in [-0.1, -0.05) is 42.7 Å². The fourth-order valence-electron chi connectivity index (χ4n) is 3.85. The largest absolute Gasteiger partial charge is 0.367 e. The highest BCUT2D eigenvalue weighted by atomic mass is 32.1. The number of anilines is 1. The van der Waals surface area contributed by atoms with Crippen LogP contribution in [0.4, 0.5) is 10.2 Å². The molecule has 0 aliphatic heterocycles. The first-order chi connectivity index (χ1) is 12.8.